The van der Waals surface area contributed by atoms with E-state index in [2.05, 4.69) is 10.3 Å². The van der Waals surface area contributed by atoms with Crippen LogP contribution in [0.5, 0.6) is 0 Å². The first-order chi connectivity index (χ1) is 18.3. The van der Waals surface area contributed by atoms with Crippen molar-refractivity contribution in [3.8, 4) is 0 Å². The van der Waals surface area contributed by atoms with E-state index in [1.807, 2.05) is 4.72 Å². The van der Waals surface area contributed by atoms with Crippen molar-refractivity contribution in [3.05, 3.63) is 81.8 Å². The number of thiazole rings is 1. The van der Waals surface area contributed by atoms with Crippen LogP contribution >= 0.6 is 11.3 Å². The number of anilines is 1. The molecule has 1 amide bonds. The number of ether oxygens (including phenoxy) is 1. The molecular weight excluding hydrogens is 559 g/mol. The summed E-state index contributed by atoms with van der Waals surface area (Å²) in [5, 5.41) is 4.61. The molecule has 3 N–H and O–H groups in total. The van der Waals surface area contributed by atoms with Crippen molar-refractivity contribution in [2.75, 3.05) is 11.8 Å². The molecule has 0 saturated carbocycles. The first kappa shape index (κ1) is 30.1. The maximum atomic E-state index is 13.3. The highest BCUT2D eigenvalue weighted by molar-refractivity contribution is 7.87. The lowest BCUT2D eigenvalue weighted by molar-refractivity contribution is -0.150. The molecule has 2 aromatic carbocycles. The van der Waals surface area contributed by atoms with E-state index >= 15 is 0 Å². The summed E-state index contributed by atoms with van der Waals surface area (Å²) < 4.78 is 75.9. The predicted molar refractivity (Wildman–Crippen MR) is 138 cm³/mol. The summed E-state index contributed by atoms with van der Waals surface area (Å²) in [6.07, 6.45) is -5.52. The van der Waals surface area contributed by atoms with Gasteiger partial charge in [0.1, 0.15) is 10.9 Å². The monoisotopic (exact) mass is 585 g/mol. The van der Waals surface area contributed by atoms with Gasteiger partial charge in [0, 0.05) is 11.8 Å². The zero-order chi connectivity index (χ0) is 28.6. The van der Waals surface area contributed by atoms with Crippen LogP contribution in [0.4, 0.5) is 18.9 Å². The summed E-state index contributed by atoms with van der Waals surface area (Å²) in [4.78, 5) is 30.1. The van der Waals surface area contributed by atoms with Gasteiger partial charge in [-0.15, -0.1) is 11.3 Å². The molecule has 3 aromatic rings. The number of carbonyl (C=O) groups is 2. The maximum Gasteiger partial charge on any atom is 0.389 e. The molecule has 0 spiro atoms. The Labute approximate surface area is 227 Å². The Balaban J connectivity index is 1.85. The normalized spacial score (nSPS) is 13.4. The lowest BCUT2D eigenvalue weighted by Gasteiger charge is -2.21. The molecule has 1 heterocycles. The van der Waals surface area contributed by atoms with Gasteiger partial charge in [0.05, 0.1) is 24.5 Å². The summed E-state index contributed by atoms with van der Waals surface area (Å²) >= 11 is 1.08. The third kappa shape index (κ3) is 9.96. The standard InChI is InChI=1S/C25H26F3N3O6S2/c1-37-24(33)20(13-16-5-3-2-4-6-16)22(32)30-21(23-29-19(15-38-23)11-12-25(26,27)28)14-17-7-9-18(10-8-17)31-39(34,35)36/h2-10,15,20-21,31H,11-14H2,1H3,(H,30,32)(H,34,35,36). The van der Waals surface area contributed by atoms with Gasteiger partial charge in [0.2, 0.25) is 5.91 Å². The lowest BCUT2D eigenvalue weighted by atomic mass is 9.97. The van der Waals surface area contributed by atoms with Gasteiger partial charge in [-0.25, -0.2) is 4.98 Å². The number of halogens is 3. The molecule has 0 fully saturated rings. The minimum atomic E-state index is -4.47. The largest absolute Gasteiger partial charge is 0.468 e. The van der Waals surface area contributed by atoms with Crippen LogP contribution in [0.1, 0.15) is 34.3 Å². The van der Waals surface area contributed by atoms with Crippen molar-refractivity contribution in [1.29, 1.82) is 0 Å². The van der Waals surface area contributed by atoms with E-state index in [9.17, 15) is 31.2 Å². The maximum absolute atomic E-state index is 13.3. The van der Waals surface area contributed by atoms with E-state index in [0.29, 0.717) is 10.6 Å². The van der Waals surface area contributed by atoms with E-state index in [0.717, 1.165) is 16.9 Å². The van der Waals surface area contributed by atoms with Crippen LogP contribution in [0, 0.1) is 5.92 Å². The predicted octanol–water partition coefficient (Wildman–Crippen LogP) is 4.28. The number of nitrogens with one attached hydrogen (secondary N) is 2. The van der Waals surface area contributed by atoms with E-state index in [1.165, 1.54) is 24.6 Å². The van der Waals surface area contributed by atoms with Gasteiger partial charge >= 0.3 is 22.4 Å². The van der Waals surface area contributed by atoms with E-state index in [-0.39, 0.29) is 30.6 Å². The summed E-state index contributed by atoms with van der Waals surface area (Å²) in [5.74, 6) is -2.58. The molecule has 0 bridgehead atoms. The number of methoxy groups -OCH3 is 1. The summed E-state index contributed by atoms with van der Waals surface area (Å²) in [6, 6.07) is 13.9. The smallest absolute Gasteiger partial charge is 0.389 e. The van der Waals surface area contributed by atoms with Gasteiger partial charge in [-0.2, -0.15) is 21.6 Å². The number of nitrogens with zero attached hydrogens (tertiary/aromatic N) is 1. The zero-order valence-corrected chi connectivity index (χ0v) is 22.3. The fraction of sp³-hybridized carbons (Fsp3) is 0.320. The van der Waals surface area contributed by atoms with Crippen LogP contribution in [0.15, 0.2) is 60.0 Å². The van der Waals surface area contributed by atoms with Gasteiger partial charge in [-0.1, -0.05) is 42.5 Å². The molecule has 3 rings (SSSR count). The Morgan fingerprint density at radius 2 is 1.69 bits per heavy atom. The van der Waals surface area contributed by atoms with Crippen LogP contribution in [0.25, 0.3) is 0 Å². The number of benzene rings is 2. The molecule has 9 nitrogen and oxygen atoms in total. The Morgan fingerprint density at radius 1 is 1.05 bits per heavy atom. The van der Waals surface area contributed by atoms with Crippen molar-refractivity contribution in [1.82, 2.24) is 10.3 Å². The van der Waals surface area contributed by atoms with Crippen molar-refractivity contribution in [2.24, 2.45) is 5.92 Å². The number of alkyl halides is 3. The second-order valence-electron chi connectivity index (χ2n) is 8.60. The number of esters is 1. The number of amides is 1. The highest BCUT2D eigenvalue weighted by Gasteiger charge is 2.31. The number of aromatic nitrogens is 1. The molecule has 0 aliphatic rings. The van der Waals surface area contributed by atoms with E-state index < -0.39 is 46.7 Å². The average molecular weight is 586 g/mol. The Hall–Kier alpha value is -3.49. The average Bonchev–Trinajstić information content (AvgIpc) is 3.35. The Morgan fingerprint density at radius 3 is 2.28 bits per heavy atom. The lowest BCUT2D eigenvalue weighted by Crippen LogP contribution is -2.40. The number of aryl methyl sites for hydroxylation is 1. The second kappa shape index (κ2) is 13.0. The van der Waals surface area contributed by atoms with Crippen molar-refractivity contribution in [2.45, 2.75) is 37.9 Å². The van der Waals surface area contributed by atoms with Gasteiger partial charge in [0.15, 0.2) is 0 Å². The molecule has 0 aliphatic heterocycles. The Kier molecular flexibility index (Phi) is 10.1. The highest BCUT2D eigenvalue weighted by atomic mass is 32.2. The molecule has 0 radical (unpaired) electrons. The quantitative estimate of drug-likeness (QED) is 0.164. The van der Waals surface area contributed by atoms with Gasteiger partial charge in [-0.05, 0) is 42.5 Å². The third-order valence-corrected chi connectivity index (χ3v) is 7.08. The number of hydrogen-bond acceptors (Lipinski definition) is 7. The molecule has 0 aliphatic carbocycles. The fourth-order valence-corrected chi connectivity index (χ4v) is 5.05. The molecule has 39 heavy (non-hydrogen) atoms. The van der Waals surface area contributed by atoms with Gasteiger partial charge in [0.25, 0.3) is 0 Å². The number of hydrogen-bond donors (Lipinski definition) is 3. The summed E-state index contributed by atoms with van der Waals surface area (Å²) in [6.45, 7) is 0. The van der Waals surface area contributed by atoms with Crippen molar-refractivity contribution in [3.63, 3.8) is 0 Å². The number of carbonyl (C=O) groups excluding carboxylic acids is 2. The minimum absolute atomic E-state index is 0.0662. The summed E-state index contributed by atoms with van der Waals surface area (Å²) in [5.41, 5.74) is 1.66. The van der Waals surface area contributed by atoms with Gasteiger partial charge in [-0.3, -0.25) is 18.9 Å². The second-order valence-corrected chi connectivity index (χ2v) is 10.6. The third-order valence-electron chi connectivity index (χ3n) is 5.57. The zero-order valence-electron chi connectivity index (χ0n) is 20.6. The van der Waals surface area contributed by atoms with Crippen molar-refractivity contribution >= 4 is 39.2 Å². The van der Waals surface area contributed by atoms with Crippen LogP contribution in [-0.2, 0) is 43.9 Å². The minimum Gasteiger partial charge on any atom is -0.468 e. The van der Waals surface area contributed by atoms with Crippen LogP contribution in [0.3, 0.4) is 0 Å². The Bertz CT molecular complexity index is 1360. The fourth-order valence-electron chi connectivity index (χ4n) is 3.71. The molecule has 210 valence electrons. The molecule has 1 aromatic heterocycles. The van der Waals surface area contributed by atoms with E-state index in [1.54, 1.807) is 42.5 Å². The van der Waals surface area contributed by atoms with Crippen LogP contribution < -0.4 is 10.0 Å². The first-order valence-electron chi connectivity index (χ1n) is 11.6. The van der Waals surface area contributed by atoms with E-state index in [4.69, 9.17) is 9.29 Å². The number of rotatable bonds is 12. The van der Waals surface area contributed by atoms with Gasteiger partial charge < -0.3 is 10.1 Å². The summed E-state index contributed by atoms with van der Waals surface area (Å²) in [7, 11) is -3.30. The SMILES string of the molecule is COC(=O)C(Cc1ccccc1)C(=O)NC(Cc1ccc(NS(=O)(=O)O)cc1)c1nc(CCC(F)(F)F)cs1. The molecular formula is C25H26F3N3O6S2. The molecule has 2 atom stereocenters. The van der Waals surface area contributed by atoms with Crippen molar-refractivity contribution < 1.29 is 40.5 Å². The molecule has 0 saturated heterocycles. The first-order valence-corrected chi connectivity index (χ1v) is 13.9. The molecule has 2 unspecified atom stereocenters. The topological polar surface area (TPSA) is 135 Å². The molecule has 14 heteroatoms. The van der Waals surface area contributed by atoms with Crippen LogP contribution in [-0.4, -0.2) is 43.1 Å². The highest BCUT2D eigenvalue weighted by Crippen LogP contribution is 2.27. The van der Waals surface area contributed by atoms with Crippen LogP contribution in [0.2, 0.25) is 0 Å².